The topological polar surface area (TPSA) is 213 Å². The second-order valence-electron chi connectivity index (χ2n) is 19.0. The van der Waals surface area contributed by atoms with Crippen LogP contribution >= 0.6 is 35.6 Å². The molecule has 3 atom stereocenters. The second kappa shape index (κ2) is 36.3. The summed E-state index contributed by atoms with van der Waals surface area (Å²) in [5, 5.41) is 32.7. The average Bonchev–Trinajstić information content (AvgIpc) is 2.97. The quantitative estimate of drug-likeness (QED) is 0.00863. The number of aliphatic hydroxyl groups excluding tert-OH is 3. The number of carbonyl (C=O) groups is 3. The number of ether oxygens (including phenoxy) is 3. The number of aliphatic hydroxyl groups is 3. The van der Waals surface area contributed by atoms with E-state index in [4.69, 9.17) is 43.5 Å². The largest absolute Gasteiger partial charge is 0.489 e. The summed E-state index contributed by atoms with van der Waals surface area (Å²) in [4.78, 5) is 43.8. The first-order valence-electron chi connectivity index (χ1n) is 25.2. The number of Topliss-reactive ketones (excluding diaryl/α,β-unsaturated/α-hetero) is 2. The molecule has 0 aliphatic carbocycles. The summed E-state index contributed by atoms with van der Waals surface area (Å²) in [6, 6.07) is 24.4. The molecule has 468 valence electrons. The van der Waals surface area contributed by atoms with E-state index in [2.05, 4.69) is 20.0 Å². The standard InChI is InChI=1S/C26H32ClN3O4.C16H10ClF5O3.C16H21N3O2.4CH4.ClH/c1-16(2)34-24-10-9-20(14-22(24)27)26(33)28-21(11-12-31)13-18-5-7-19(8-6-18)23-15-30(4)25(29-23)17(3)32;1-6(2)24-9-4-3-7(5-8(9)17)16(23)25-15-13(21)11(19)10(18)12(20)14(15)22;1-11(21)16-18-15(10-19(16)2)13-5-3-12(4-6-13)9-14(17)7-8-20;;;;;/h5-10,14-16,21,26,28,31,33H,11-13H2,1-4H3;3-6H,1-2H3;3-6,10,14,20H,7-9,17H2,1-2H3;4*1H4;1H/t21-,26+;;14-;;;;;/m1.1...../s1. The predicted octanol–water partition coefficient (Wildman–Crippen LogP) is 13.9. The summed E-state index contributed by atoms with van der Waals surface area (Å²) in [6.45, 7) is 10.4. The van der Waals surface area contributed by atoms with Crippen molar-refractivity contribution >= 4 is 53.1 Å². The van der Waals surface area contributed by atoms with Crippen molar-refractivity contribution in [2.75, 3.05) is 13.2 Å². The number of carbonyl (C=O) groups excluding carboxylic acids is 3. The number of ketones is 2. The van der Waals surface area contributed by atoms with E-state index in [1.165, 1.54) is 19.9 Å². The Balaban J connectivity index is 0.00000125. The van der Waals surface area contributed by atoms with Gasteiger partial charge >= 0.3 is 5.97 Å². The zero-order chi connectivity index (χ0) is 59.1. The van der Waals surface area contributed by atoms with Crippen molar-refractivity contribution in [3.05, 3.63) is 170 Å². The van der Waals surface area contributed by atoms with Gasteiger partial charge in [0.2, 0.25) is 34.8 Å². The molecular weight excluding hydrogens is 1170 g/mol. The Labute approximate surface area is 511 Å². The number of hydrogen-bond acceptors (Lipinski definition) is 13. The highest BCUT2D eigenvalue weighted by Crippen LogP contribution is 2.33. The molecule has 5 aromatic carbocycles. The van der Waals surface area contributed by atoms with Gasteiger partial charge in [0, 0.05) is 76.8 Å². The van der Waals surface area contributed by atoms with Crippen molar-refractivity contribution in [1.82, 2.24) is 24.4 Å². The van der Waals surface area contributed by atoms with Gasteiger partial charge in [-0.25, -0.2) is 27.9 Å². The molecule has 0 saturated heterocycles. The monoisotopic (exact) mass is 1250 g/mol. The molecule has 2 aromatic heterocycles. The smallest absolute Gasteiger partial charge is 0.343 e. The summed E-state index contributed by atoms with van der Waals surface area (Å²) in [6.07, 6.45) is 4.96. The van der Waals surface area contributed by atoms with Crippen molar-refractivity contribution < 1.29 is 65.9 Å². The summed E-state index contributed by atoms with van der Waals surface area (Å²) in [7, 11) is 3.62. The van der Waals surface area contributed by atoms with Gasteiger partial charge < -0.3 is 44.4 Å². The molecular formula is C62H80Cl3F5N6O9. The fraction of sp³-hybridized carbons (Fsp3) is 0.371. The van der Waals surface area contributed by atoms with Gasteiger partial charge in [-0.15, -0.1) is 12.4 Å². The molecule has 0 aliphatic rings. The minimum atomic E-state index is -2.35. The molecule has 85 heavy (non-hydrogen) atoms. The maximum Gasteiger partial charge on any atom is 0.343 e. The van der Waals surface area contributed by atoms with Crippen LogP contribution in [0.2, 0.25) is 10.0 Å². The van der Waals surface area contributed by atoms with Gasteiger partial charge in [-0.05, 0) is 100 Å². The van der Waals surface area contributed by atoms with Crippen LogP contribution in [0.5, 0.6) is 17.2 Å². The van der Waals surface area contributed by atoms with Crippen molar-refractivity contribution in [2.24, 2.45) is 19.8 Å². The first-order chi connectivity index (χ1) is 37.8. The molecule has 0 amide bonds. The SMILES string of the molecule is C.C.C.C.CC(=O)c1nc(-c2ccc(C[C@@H](CCO)N[C@@H](O)c3ccc(OC(C)C)c(Cl)c3)cc2)cn1C.CC(=O)c1nc(-c2ccc(C[C@H](N)CCO)cc2)cn1C.CC(C)Oc1ccc(C(=O)Oc2c(F)c(F)c(F)c(F)c2F)cc1Cl.Cl. The number of benzene rings is 5. The lowest BCUT2D eigenvalue weighted by Gasteiger charge is -2.23. The Hall–Kier alpha value is -6.75. The van der Waals surface area contributed by atoms with Crippen molar-refractivity contribution in [3.8, 4) is 39.8 Å². The maximum atomic E-state index is 13.5. The number of aryl methyl sites for hydroxylation is 2. The number of nitrogens with one attached hydrogen (secondary N) is 1. The average molecular weight is 1250 g/mol. The number of hydrogen-bond donors (Lipinski definition) is 5. The fourth-order valence-electron chi connectivity index (χ4n) is 7.90. The molecule has 0 radical (unpaired) electrons. The third-order valence-corrected chi connectivity index (χ3v) is 12.4. The summed E-state index contributed by atoms with van der Waals surface area (Å²) in [5.41, 5.74) is 11.8. The lowest BCUT2D eigenvalue weighted by Crippen LogP contribution is -2.35. The van der Waals surface area contributed by atoms with Gasteiger partial charge in [-0.3, -0.25) is 14.9 Å². The molecule has 23 heteroatoms. The zero-order valence-corrected chi connectivity index (χ0v) is 47.9. The Morgan fingerprint density at radius 3 is 1.42 bits per heavy atom. The molecule has 6 N–H and O–H groups in total. The molecule has 15 nitrogen and oxygen atoms in total. The van der Waals surface area contributed by atoms with Crippen molar-refractivity contribution in [2.45, 2.75) is 127 Å². The van der Waals surface area contributed by atoms with Crippen LogP contribution in [0.25, 0.3) is 22.5 Å². The number of nitrogens with two attached hydrogens (primary N) is 1. The van der Waals surface area contributed by atoms with Gasteiger partial charge in [-0.2, -0.15) is 8.78 Å². The van der Waals surface area contributed by atoms with Crippen LogP contribution in [0.15, 0.2) is 97.3 Å². The molecule has 0 fully saturated rings. The Morgan fingerprint density at radius 1 is 0.624 bits per heavy atom. The van der Waals surface area contributed by atoms with Gasteiger partial charge in [0.15, 0.2) is 23.2 Å². The third kappa shape index (κ3) is 21.9. The Bertz CT molecular complexity index is 3230. The van der Waals surface area contributed by atoms with E-state index in [1.54, 1.807) is 48.2 Å². The van der Waals surface area contributed by atoms with E-state index in [-0.39, 0.29) is 108 Å². The van der Waals surface area contributed by atoms with Crippen molar-refractivity contribution in [1.29, 1.82) is 0 Å². The third-order valence-electron chi connectivity index (χ3n) is 11.8. The summed E-state index contributed by atoms with van der Waals surface area (Å²) < 4.78 is 85.0. The first-order valence-corrected chi connectivity index (χ1v) is 25.9. The highest BCUT2D eigenvalue weighted by Gasteiger charge is 2.29. The van der Waals surface area contributed by atoms with Gasteiger partial charge in [0.1, 0.15) is 17.7 Å². The molecule has 7 aromatic rings. The molecule has 7 rings (SSSR count). The first kappa shape index (κ1) is 78.2. The predicted molar refractivity (Wildman–Crippen MR) is 328 cm³/mol. The molecule has 0 bridgehead atoms. The number of rotatable bonds is 21. The normalized spacial score (nSPS) is 11.5. The minimum Gasteiger partial charge on any atom is -0.489 e. The zero-order valence-electron chi connectivity index (χ0n) is 45.6. The maximum absolute atomic E-state index is 13.5. The van der Waals surface area contributed by atoms with E-state index < -0.39 is 47.0 Å². The van der Waals surface area contributed by atoms with Crippen molar-refractivity contribution in [3.63, 3.8) is 0 Å². The molecule has 0 saturated carbocycles. The van der Waals surface area contributed by atoms with E-state index in [0.717, 1.165) is 52.2 Å². The summed E-state index contributed by atoms with van der Waals surface area (Å²) in [5.74, 6) is -12.8. The number of esters is 1. The van der Waals surface area contributed by atoms with E-state index in [1.807, 2.05) is 81.8 Å². The Morgan fingerprint density at radius 2 is 1.04 bits per heavy atom. The lowest BCUT2D eigenvalue weighted by atomic mass is 10.0. The van der Waals surface area contributed by atoms with Crippen LogP contribution in [0, 0.1) is 29.1 Å². The van der Waals surface area contributed by atoms with Crippen LogP contribution in [0.3, 0.4) is 0 Å². The van der Waals surface area contributed by atoms with Crippen LogP contribution < -0.4 is 25.3 Å². The molecule has 0 aliphatic heterocycles. The number of imidazole rings is 2. The second-order valence-corrected chi connectivity index (χ2v) is 19.9. The minimum absolute atomic E-state index is 0. The molecule has 0 unspecified atom stereocenters. The number of aromatic nitrogens is 4. The van der Waals surface area contributed by atoms with Gasteiger partial charge in [0.05, 0.1) is 39.2 Å². The van der Waals surface area contributed by atoms with Crippen LogP contribution in [0.1, 0.15) is 139 Å². The van der Waals surface area contributed by atoms with Crippen LogP contribution in [-0.2, 0) is 26.9 Å². The number of nitrogens with zero attached hydrogens (tertiary/aromatic N) is 4. The highest BCUT2D eigenvalue weighted by atomic mass is 35.5. The highest BCUT2D eigenvalue weighted by molar-refractivity contribution is 6.32. The van der Waals surface area contributed by atoms with Gasteiger partial charge in [-0.1, -0.05) is 108 Å². The summed E-state index contributed by atoms with van der Waals surface area (Å²) >= 11 is 12.2. The van der Waals surface area contributed by atoms with E-state index >= 15 is 0 Å². The van der Waals surface area contributed by atoms with Crippen LogP contribution in [-0.4, -0.2) is 89.5 Å². The molecule has 2 heterocycles. The Kier molecular flexibility index (Phi) is 33.4. The fourth-order valence-corrected chi connectivity index (χ4v) is 8.36. The lowest BCUT2D eigenvalue weighted by molar-refractivity contribution is 0.0715. The number of halogens is 8. The van der Waals surface area contributed by atoms with Gasteiger partial charge in [0.25, 0.3) is 0 Å². The van der Waals surface area contributed by atoms with E-state index in [0.29, 0.717) is 47.2 Å². The molecule has 0 spiro atoms. The van der Waals surface area contributed by atoms with E-state index in [9.17, 15) is 46.5 Å². The van der Waals surface area contributed by atoms with Crippen LogP contribution in [0.4, 0.5) is 22.0 Å².